The van der Waals surface area contributed by atoms with Gasteiger partial charge in [0.05, 0.1) is 31.0 Å². The fourth-order valence-corrected chi connectivity index (χ4v) is 3.44. The van der Waals surface area contributed by atoms with Crippen LogP contribution in [0, 0.1) is 5.82 Å². The lowest BCUT2D eigenvalue weighted by Gasteiger charge is -2.28. The van der Waals surface area contributed by atoms with Crippen LogP contribution in [-0.2, 0) is 32.6 Å². The summed E-state index contributed by atoms with van der Waals surface area (Å²) in [5, 5.41) is 8.67. The summed E-state index contributed by atoms with van der Waals surface area (Å²) in [4.78, 5) is 12.6. The first-order valence-corrected chi connectivity index (χ1v) is 9.53. The van der Waals surface area contributed by atoms with Crippen molar-refractivity contribution in [1.82, 2.24) is 29.8 Å². The lowest BCUT2D eigenvalue weighted by Crippen LogP contribution is -2.34. The van der Waals surface area contributed by atoms with E-state index in [1.807, 2.05) is 16.6 Å². The van der Waals surface area contributed by atoms with E-state index in [1.165, 1.54) is 6.07 Å². The number of aromatic nitrogens is 5. The average Bonchev–Trinajstić information content (AvgIpc) is 3.27. The number of nitrogens with zero attached hydrogens (tertiary/aromatic N) is 7. The van der Waals surface area contributed by atoms with Crippen molar-refractivity contribution in [3.8, 4) is 0 Å². The maximum absolute atomic E-state index is 14.0. The second-order valence-corrected chi connectivity index (χ2v) is 7.11. The highest BCUT2D eigenvalue weighted by molar-refractivity contribution is 5.41. The van der Waals surface area contributed by atoms with Gasteiger partial charge in [0, 0.05) is 25.7 Å². The maximum Gasteiger partial charge on any atom is 0.240 e. The number of hydrogen-bond acceptors (Lipinski definition) is 7. The van der Waals surface area contributed by atoms with Gasteiger partial charge < -0.3 is 9.42 Å². The highest BCUT2D eigenvalue weighted by Crippen LogP contribution is 2.22. The Kier molecular flexibility index (Phi) is 5.34. The van der Waals surface area contributed by atoms with Crippen molar-refractivity contribution in [3.63, 3.8) is 0 Å². The molecule has 148 valence electrons. The molecular weight excluding hydrogens is 361 g/mol. The van der Waals surface area contributed by atoms with E-state index in [-0.39, 0.29) is 5.82 Å². The van der Waals surface area contributed by atoms with Gasteiger partial charge in [-0.3, -0.25) is 9.58 Å². The standard InChI is InChI=1S/C19H24FN7O/c1-3-5-17-22-18(28-24-17)13-25(2)11-14-10-15-12-26(8-9-27(15)23-14)19-16(20)6-4-7-21-19/h4,6-7,10H,3,5,8-9,11-13H2,1-2H3. The Morgan fingerprint density at radius 2 is 2.18 bits per heavy atom. The van der Waals surface area contributed by atoms with E-state index in [4.69, 9.17) is 4.52 Å². The minimum absolute atomic E-state index is 0.294. The molecule has 0 unspecified atom stereocenters. The third-order valence-corrected chi connectivity index (χ3v) is 4.71. The highest BCUT2D eigenvalue weighted by Gasteiger charge is 2.22. The molecule has 0 aromatic carbocycles. The predicted octanol–water partition coefficient (Wildman–Crippen LogP) is 2.40. The van der Waals surface area contributed by atoms with Crippen LogP contribution in [0.5, 0.6) is 0 Å². The molecule has 1 aliphatic heterocycles. The number of anilines is 1. The Hall–Kier alpha value is -2.81. The number of hydrogen-bond donors (Lipinski definition) is 0. The van der Waals surface area contributed by atoms with Crippen molar-refractivity contribution in [3.05, 3.63) is 53.3 Å². The normalized spacial score (nSPS) is 13.9. The zero-order chi connectivity index (χ0) is 19.5. The summed E-state index contributed by atoms with van der Waals surface area (Å²) in [6.07, 6.45) is 3.44. The van der Waals surface area contributed by atoms with E-state index in [2.05, 4.69) is 38.1 Å². The van der Waals surface area contributed by atoms with Gasteiger partial charge in [-0.15, -0.1) is 0 Å². The van der Waals surface area contributed by atoms with Crippen LogP contribution < -0.4 is 4.90 Å². The van der Waals surface area contributed by atoms with Gasteiger partial charge in [-0.25, -0.2) is 9.37 Å². The van der Waals surface area contributed by atoms with Crippen LogP contribution in [0.1, 0.15) is 36.4 Å². The topological polar surface area (TPSA) is 76.1 Å². The Balaban J connectivity index is 1.39. The number of aryl methyl sites for hydroxylation is 1. The summed E-state index contributed by atoms with van der Waals surface area (Å²) >= 11 is 0. The highest BCUT2D eigenvalue weighted by atomic mass is 19.1. The van der Waals surface area contributed by atoms with Crippen LogP contribution in [0.15, 0.2) is 28.9 Å². The molecule has 0 spiro atoms. The Bertz CT molecular complexity index is 938. The van der Waals surface area contributed by atoms with E-state index < -0.39 is 0 Å². The smallest absolute Gasteiger partial charge is 0.240 e. The molecule has 3 aromatic rings. The van der Waals surface area contributed by atoms with Gasteiger partial charge in [-0.1, -0.05) is 12.1 Å². The summed E-state index contributed by atoms with van der Waals surface area (Å²) < 4.78 is 21.3. The van der Waals surface area contributed by atoms with Crippen LogP contribution in [0.25, 0.3) is 0 Å². The van der Waals surface area contributed by atoms with Gasteiger partial charge in [0.25, 0.3) is 0 Å². The molecule has 0 fully saturated rings. The number of pyridine rings is 1. The molecule has 4 heterocycles. The van der Waals surface area contributed by atoms with Crippen molar-refractivity contribution in [2.24, 2.45) is 0 Å². The number of fused-ring (bicyclic) bond motifs is 1. The van der Waals surface area contributed by atoms with Gasteiger partial charge in [0.1, 0.15) is 0 Å². The molecule has 0 amide bonds. The van der Waals surface area contributed by atoms with Gasteiger partial charge in [0.2, 0.25) is 5.89 Å². The van der Waals surface area contributed by atoms with E-state index in [0.717, 1.165) is 30.1 Å². The Labute approximate surface area is 163 Å². The van der Waals surface area contributed by atoms with E-state index >= 15 is 0 Å². The van der Waals surface area contributed by atoms with Crippen LogP contribution in [0.2, 0.25) is 0 Å². The van der Waals surface area contributed by atoms with E-state index in [1.54, 1.807) is 12.3 Å². The monoisotopic (exact) mass is 385 g/mol. The largest absolute Gasteiger partial charge is 0.346 e. The van der Waals surface area contributed by atoms with Crippen LogP contribution in [0.3, 0.4) is 0 Å². The average molecular weight is 385 g/mol. The molecule has 9 heteroatoms. The second kappa shape index (κ2) is 8.05. The summed E-state index contributed by atoms with van der Waals surface area (Å²) in [5.74, 6) is 1.47. The van der Waals surface area contributed by atoms with Crippen LogP contribution >= 0.6 is 0 Å². The molecule has 28 heavy (non-hydrogen) atoms. The van der Waals surface area contributed by atoms with E-state index in [9.17, 15) is 4.39 Å². The Morgan fingerprint density at radius 3 is 3.00 bits per heavy atom. The van der Waals surface area contributed by atoms with Crippen molar-refractivity contribution in [2.75, 3.05) is 18.5 Å². The molecule has 4 rings (SSSR count). The molecule has 0 atom stereocenters. The molecule has 0 saturated heterocycles. The van der Waals surface area contributed by atoms with Crippen molar-refractivity contribution in [1.29, 1.82) is 0 Å². The third-order valence-electron chi connectivity index (χ3n) is 4.71. The summed E-state index contributed by atoms with van der Waals surface area (Å²) in [6.45, 7) is 5.31. The summed E-state index contributed by atoms with van der Waals surface area (Å²) in [5.41, 5.74) is 2.02. The second-order valence-electron chi connectivity index (χ2n) is 7.11. The summed E-state index contributed by atoms with van der Waals surface area (Å²) in [6, 6.07) is 5.12. The fourth-order valence-electron chi connectivity index (χ4n) is 3.44. The third kappa shape index (κ3) is 4.04. The predicted molar refractivity (Wildman–Crippen MR) is 101 cm³/mol. The molecule has 0 radical (unpaired) electrons. The van der Waals surface area contributed by atoms with Gasteiger partial charge in [0.15, 0.2) is 17.5 Å². The Morgan fingerprint density at radius 1 is 1.29 bits per heavy atom. The van der Waals surface area contributed by atoms with Crippen molar-refractivity contribution in [2.45, 2.75) is 45.9 Å². The SMILES string of the molecule is CCCc1noc(CN(C)Cc2cc3n(n2)CCN(c2ncccc2F)C3)n1. The molecular formula is C19H24FN7O. The molecule has 0 bridgehead atoms. The first kappa shape index (κ1) is 18.5. The number of rotatable bonds is 7. The molecule has 0 N–H and O–H groups in total. The molecule has 0 aliphatic carbocycles. The lowest BCUT2D eigenvalue weighted by molar-refractivity contribution is 0.257. The van der Waals surface area contributed by atoms with Crippen LogP contribution in [-0.4, -0.2) is 43.4 Å². The van der Waals surface area contributed by atoms with Crippen molar-refractivity contribution >= 4 is 5.82 Å². The van der Waals surface area contributed by atoms with Gasteiger partial charge >= 0.3 is 0 Å². The first-order chi connectivity index (χ1) is 13.6. The molecule has 1 aliphatic rings. The number of halogens is 1. The van der Waals surface area contributed by atoms with E-state index in [0.29, 0.717) is 44.4 Å². The molecule has 8 nitrogen and oxygen atoms in total. The van der Waals surface area contributed by atoms with Crippen LogP contribution in [0.4, 0.5) is 10.2 Å². The first-order valence-electron chi connectivity index (χ1n) is 9.53. The minimum Gasteiger partial charge on any atom is -0.346 e. The van der Waals surface area contributed by atoms with Crippen molar-refractivity contribution < 1.29 is 8.91 Å². The van der Waals surface area contributed by atoms with Gasteiger partial charge in [-0.2, -0.15) is 10.1 Å². The van der Waals surface area contributed by atoms with Gasteiger partial charge in [-0.05, 0) is 31.7 Å². The maximum atomic E-state index is 14.0. The lowest BCUT2D eigenvalue weighted by atomic mass is 10.2. The zero-order valence-electron chi connectivity index (χ0n) is 16.2. The minimum atomic E-state index is -0.294. The molecule has 0 saturated carbocycles. The fraction of sp³-hybridized carbons (Fsp3) is 0.474. The summed E-state index contributed by atoms with van der Waals surface area (Å²) in [7, 11) is 2.00. The quantitative estimate of drug-likeness (QED) is 0.618. The molecule has 3 aromatic heterocycles. The zero-order valence-corrected chi connectivity index (χ0v) is 16.2.